The summed E-state index contributed by atoms with van der Waals surface area (Å²) in [6.07, 6.45) is -7.05. The smallest absolute Gasteiger partial charge is 0.496 e. The summed E-state index contributed by atoms with van der Waals surface area (Å²) in [5, 5.41) is 0. The van der Waals surface area contributed by atoms with Gasteiger partial charge in [-0.2, -0.15) is 0 Å². The third-order valence-corrected chi connectivity index (χ3v) is 2.62. The Kier molecular flexibility index (Phi) is 8.11. The lowest BCUT2D eigenvalue weighted by molar-refractivity contribution is -0.274. The van der Waals surface area contributed by atoms with Gasteiger partial charge in [-0.15, -0.1) is 25.6 Å². The van der Waals surface area contributed by atoms with Gasteiger partial charge in [0.05, 0.1) is 19.8 Å². The molecule has 0 spiro atoms. The Hall–Kier alpha value is -1.74. The largest absolute Gasteiger partial charge is 0.573 e. The van der Waals surface area contributed by atoms with Gasteiger partial charge < -0.3 is 19.9 Å². The van der Waals surface area contributed by atoms with E-state index in [9.17, 15) is 22.4 Å². The van der Waals surface area contributed by atoms with Gasteiger partial charge in [0.1, 0.15) is 11.5 Å². The van der Waals surface area contributed by atoms with Crippen molar-refractivity contribution in [2.24, 2.45) is 5.73 Å². The molecule has 23 heavy (non-hydrogen) atoms. The normalized spacial score (nSPS) is 13.5. The molecule has 0 aliphatic carbocycles. The minimum Gasteiger partial charge on any atom is -0.496 e. The molecular formula is C13H16ClF4NO4. The molecule has 1 aromatic rings. The van der Waals surface area contributed by atoms with E-state index in [-0.39, 0.29) is 30.3 Å². The van der Waals surface area contributed by atoms with E-state index in [1.807, 2.05) is 0 Å². The van der Waals surface area contributed by atoms with Crippen LogP contribution in [0.5, 0.6) is 11.5 Å². The molecule has 132 valence electrons. The van der Waals surface area contributed by atoms with Gasteiger partial charge in [-0.1, -0.05) is 0 Å². The van der Waals surface area contributed by atoms with Gasteiger partial charge in [-0.25, -0.2) is 9.18 Å². The first-order valence-corrected chi connectivity index (χ1v) is 6.19. The number of hydrogen-bond donors (Lipinski definition) is 1. The van der Waals surface area contributed by atoms with E-state index in [1.54, 1.807) is 0 Å². The first kappa shape index (κ1) is 21.3. The van der Waals surface area contributed by atoms with Gasteiger partial charge >= 0.3 is 12.3 Å². The lowest BCUT2D eigenvalue weighted by atomic mass is 10.0. The monoisotopic (exact) mass is 361 g/mol. The highest BCUT2D eigenvalue weighted by molar-refractivity contribution is 5.85. The molecule has 5 nitrogen and oxygen atoms in total. The zero-order valence-electron chi connectivity index (χ0n) is 12.2. The highest BCUT2D eigenvalue weighted by atomic mass is 35.5. The highest BCUT2D eigenvalue weighted by Crippen LogP contribution is 2.33. The lowest BCUT2D eigenvalue weighted by Gasteiger charge is -2.19. The third-order valence-electron chi connectivity index (χ3n) is 2.62. The second kappa shape index (κ2) is 8.78. The maximum atomic E-state index is 13.9. The SMILES string of the molecule is CCOC(=O)C(F)[C@@H](N)c1ccc(OC(F)(F)F)cc1OC.Cl. The number of halogens is 5. The number of esters is 1. The van der Waals surface area contributed by atoms with Gasteiger partial charge in [0.25, 0.3) is 0 Å². The van der Waals surface area contributed by atoms with Crippen LogP contribution in [0, 0.1) is 0 Å². The minimum absolute atomic E-state index is 0. The van der Waals surface area contributed by atoms with Crippen LogP contribution in [0.1, 0.15) is 18.5 Å². The predicted octanol–water partition coefficient (Wildman–Crippen LogP) is 2.92. The van der Waals surface area contributed by atoms with E-state index < -0.39 is 30.3 Å². The molecule has 2 N–H and O–H groups in total. The van der Waals surface area contributed by atoms with Gasteiger partial charge in [0.2, 0.25) is 6.17 Å². The second-order valence-corrected chi connectivity index (χ2v) is 4.13. The number of ether oxygens (including phenoxy) is 3. The zero-order chi connectivity index (χ0) is 16.9. The summed E-state index contributed by atoms with van der Waals surface area (Å²) >= 11 is 0. The van der Waals surface area contributed by atoms with Gasteiger partial charge in [-0.3, -0.25) is 0 Å². The standard InChI is InChI=1S/C13H15F4NO4.ClH/c1-3-21-12(19)10(14)11(18)8-5-4-7(6-9(8)20-2)22-13(15,16)17;/h4-6,10-11H,3,18H2,1-2H3;1H/t10?,11-;/m0./s1. The van der Waals surface area contributed by atoms with Crippen molar-refractivity contribution < 1.29 is 36.6 Å². The number of nitrogens with two attached hydrogens (primary N) is 1. The van der Waals surface area contributed by atoms with E-state index in [2.05, 4.69) is 9.47 Å². The van der Waals surface area contributed by atoms with Crippen molar-refractivity contribution in [1.82, 2.24) is 0 Å². The van der Waals surface area contributed by atoms with Crippen LogP contribution in [-0.2, 0) is 9.53 Å². The molecule has 0 heterocycles. The van der Waals surface area contributed by atoms with Gasteiger partial charge in [0, 0.05) is 11.6 Å². The first-order chi connectivity index (χ1) is 10.2. The summed E-state index contributed by atoms with van der Waals surface area (Å²) < 4.78 is 63.4. The Labute approximate surface area is 136 Å². The van der Waals surface area contributed by atoms with E-state index >= 15 is 0 Å². The average molecular weight is 362 g/mol. The van der Waals surface area contributed by atoms with Crippen molar-refractivity contribution >= 4 is 18.4 Å². The summed E-state index contributed by atoms with van der Waals surface area (Å²) in [5.41, 5.74) is 5.62. The molecule has 1 rings (SSSR count). The van der Waals surface area contributed by atoms with Gasteiger partial charge in [0.15, 0.2) is 0 Å². The number of rotatable bonds is 6. The molecule has 0 radical (unpaired) electrons. The molecule has 0 fully saturated rings. The van der Waals surface area contributed by atoms with Crippen molar-refractivity contribution in [2.75, 3.05) is 13.7 Å². The van der Waals surface area contributed by atoms with Crippen molar-refractivity contribution in [1.29, 1.82) is 0 Å². The third kappa shape index (κ3) is 6.11. The summed E-state index contributed by atoms with van der Waals surface area (Å²) in [6, 6.07) is 1.49. The first-order valence-electron chi connectivity index (χ1n) is 6.19. The Morgan fingerprint density at radius 2 is 1.96 bits per heavy atom. The second-order valence-electron chi connectivity index (χ2n) is 4.13. The fourth-order valence-electron chi connectivity index (χ4n) is 1.69. The van der Waals surface area contributed by atoms with Crippen LogP contribution in [0.3, 0.4) is 0 Å². The molecule has 0 bridgehead atoms. The Balaban J connectivity index is 0.00000484. The maximum Gasteiger partial charge on any atom is 0.573 e. The molecule has 0 aliphatic heterocycles. The van der Waals surface area contributed by atoms with Crippen LogP contribution < -0.4 is 15.2 Å². The Bertz CT molecular complexity index is 527. The van der Waals surface area contributed by atoms with Crippen LogP contribution >= 0.6 is 12.4 Å². The molecule has 0 amide bonds. The lowest BCUT2D eigenvalue weighted by Crippen LogP contribution is -2.31. The fraction of sp³-hybridized carbons (Fsp3) is 0.462. The van der Waals surface area contributed by atoms with E-state index in [0.29, 0.717) is 0 Å². The topological polar surface area (TPSA) is 70.8 Å². The molecule has 0 saturated heterocycles. The van der Waals surface area contributed by atoms with Gasteiger partial charge in [-0.05, 0) is 19.1 Å². The molecular weight excluding hydrogens is 346 g/mol. The number of alkyl halides is 4. The highest BCUT2D eigenvalue weighted by Gasteiger charge is 2.33. The van der Waals surface area contributed by atoms with Crippen LogP contribution in [0.2, 0.25) is 0 Å². The van der Waals surface area contributed by atoms with Crippen molar-refractivity contribution in [3.8, 4) is 11.5 Å². The number of methoxy groups -OCH3 is 1. The zero-order valence-corrected chi connectivity index (χ0v) is 13.0. The number of carbonyl (C=O) groups is 1. The summed E-state index contributed by atoms with van der Waals surface area (Å²) in [7, 11) is 1.17. The average Bonchev–Trinajstić information content (AvgIpc) is 2.44. The maximum absolute atomic E-state index is 13.9. The van der Waals surface area contributed by atoms with Crippen LogP contribution in [0.15, 0.2) is 18.2 Å². The van der Waals surface area contributed by atoms with Crippen molar-refractivity contribution in [3.05, 3.63) is 23.8 Å². The minimum atomic E-state index is -4.87. The number of benzene rings is 1. The van der Waals surface area contributed by atoms with Crippen molar-refractivity contribution in [2.45, 2.75) is 25.5 Å². The van der Waals surface area contributed by atoms with E-state index in [4.69, 9.17) is 10.5 Å². The molecule has 0 aliphatic rings. The molecule has 0 aromatic heterocycles. The summed E-state index contributed by atoms with van der Waals surface area (Å²) in [4.78, 5) is 11.3. The van der Waals surface area contributed by atoms with E-state index in [0.717, 1.165) is 18.2 Å². The van der Waals surface area contributed by atoms with E-state index in [1.165, 1.54) is 14.0 Å². The molecule has 1 unspecified atom stereocenters. The quantitative estimate of drug-likeness (QED) is 0.623. The van der Waals surface area contributed by atoms with Crippen LogP contribution in [0.25, 0.3) is 0 Å². The predicted molar refractivity (Wildman–Crippen MR) is 75.4 cm³/mol. The molecule has 0 saturated carbocycles. The molecule has 2 atom stereocenters. The summed E-state index contributed by atoms with van der Waals surface area (Å²) in [6.45, 7) is 1.47. The Morgan fingerprint density at radius 3 is 2.43 bits per heavy atom. The molecule has 10 heteroatoms. The Morgan fingerprint density at radius 1 is 1.35 bits per heavy atom. The summed E-state index contributed by atoms with van der Waals surface area (Å²) in [5.74, 6) is -1.85. The number of carbonyl (C=O) groups excluding carboxylic acids is 1. The van der Waals surface area contributed by atoms with Crippen molar-refractivity contribution in [3.63, 3.8) is 0 Å². The fourth-order valence-corrected chi connectivity index (χ4v) is 1.69. The van der Waals surface area contributed by atoms with Crippen LogP contribution in [-0.4, -0.2) is 32.2 Å². The van der Waals surface area contributed by atoms with Crippen LogP contribution in [0.4, 0.5) is 17.6 Å². The molecule has 1 aromatic carbocycles. The number of hydrogen-bond acceptors (Lipinski definition) is 5.